The van der Waals surface area contributed by atoms with Gasteiger partial charge in [-0.15, -0.1) is 0 Å². The van der Waals surface area contributed by atoms with Crippen LogP contribution in [0, 0.1) is 0 Å². The van der Waals surface area contributed by atoms with Gasteiger partial charge < -0.3 is 9.67 Å². The van der Waals surface area contributed by atoms with Gasteiger partial charge in [0, 0.05) is 17.7 Å². The minimum absolute atomic E-state index is 0.311. The van der Waals surface area contributed by atoms with Gasteiger partial charge in [-0.05, 0) is 37.7 Å². The lowest BCUT2D eigenvalue weighted by atomic mass is 10.2. The van der Waals surface area contributed by atoms with Crippen molar-refractivity contribution in [3.63, 3.8) is 0 Å². The molecule has 5 heteroatoms. The number of hydrogen-bond donors (Lipinski definition) is 1. The number of imidazole rings is 1. The molecular weight excluding hydrogens is 284 g/mol. The quantitative estimate of drug-likeness (QED) is 0.883. The molecule has 1 N–H and O–H groups in total. The number of thioether (sulfide) groups is 1. The molecule has 1 saturated carbocycles. The van der Waals surface area contributed by atoms with E-state index < -0.39 is 5.97 Å². The molecule has 1 aliphatic rings. The van der Waals surface area contributed by atoms with Crippen molar-refractivity contribution in [2.24, 2.45) is 0 Å². The van der Waals surface area contributed by atoms with Crippen molar-refractivity contribution in [2.45, 2.75) is 43.9 Å². The van der Waals surface area contributed by atoms with Gasteiger partial charge in [-0.2, -0.15) is 11.8 Å². The van der Waals surface area contributed by atoms with E-state index >= 15 is 0 Å². The number of benzene rings is 1. The van der Waals surface area contributed by atoms with Crippen LogP contribution in [0.3, 0.4) is 0 Å². The normalized spacial score (nSPS) is 16.3. The average molecular weight is 304 g/mol. The maximum absolute atomic E-state index is 11.4. The third-order valence-electron chi connectivity index (χ3n) is 4.14. The largest absolute Gasteiger partial charge is 0.478 e. The molecule has 0 spiro atoms. The van der Waals surface area contributed by atoms with Crippen LogP contribution in [0.4, 0.5) is 0 Å². The van der Waals surface area contributed by atoms with Crippen LogP contribution in [0.2, 0.25) is 0 Å². The van der Waals surface area contributed by atoms with Crippen molar-refractivity contribution in [3.05, 3.63) is 29.6 Å². The molecule has 1 unspecified atom stereocenters. The Balaban J connectivity index is 2.05. The van der Waals surface area contributed by atoms with Crippen molar-refractivity contribution in [1.82, 2.24) is 9.55 Å². The van der Waals surface area contributed by atoms with Crippen molar-refractivity contribution in [1.29, 1.82) is 0 Å². The Hall–Kier alpha value is -1.49. The number of fused-ring (bicyclic) bond motifs is 1. The van der Waals surface area contributed by atoms with E-state index in [0.29, 0.717) is 22.2 Å². The average Bonchev–Trinajstić information content (AvgIpc) is 3.25. The standard InChI is InChI=1S/C16H20N2O2S/c1-10(21-2)8-9-18-13-5-3-4-12(16(19)20)14(13)17-15(18)11-6-7-11/h3-5,10-11H,6-9H2,1-2H3,(H,19,20). The Morgan fingerprint density at radius 1 is 1.52 bits per heavy atom. The molecule has 1 aromatic heterocycles. The predicted molar refractivity (Wildman–Crippen MR) is 86.3 cm³/mol. The molecule has 2 aromatic rings. The molecule has 3 rings (SSSR count). The molecule has 21 heavy (non-hydrogen) atoms. The first-order valence-electron chi connectivity index (χ1n) is 7.37. The third-order valence-corrected chi connectivity index (χ3v) is 5.18. The smallest absolute Gasteiger partial charge is 0.337 e. The first kappa shape index (κ1) is 14.4. The molecule has 0 bridgehead atoms. The Morgan fingerprint density at radius 3 is 2.90 bits per heavy atom. The van der Waals surface area contributed by atoms with Crippen LogP contribution in [0.1, 0.15) is 48.3 Å². The van der Waals surface area contributed by atoms with Gasteiger partial charge in [0.1, 0.15) is 11.3 Å². The van der Waals surface area contributed by atoms with E-state index in [1.807, 2.05) is 23.9 Å². The highest BCUT2D eigenvalue weighted by Gasteiger charge is 2.30. The van der Waals surface area contributed by atoms with Crippen LogP contribution in [0.15, 0.2) is 18.2 Å². The Kier molecular flexibility index (Phi) is 3.93. The summed E-state index contributed by atoms with van der Waals surface area (Å²) in [6.45, 7) is 3.14. The summed E-state index contributed by atoms with van der Waals surface area (Å²) in [7, 11) is 0. The SMILES string of the molecule is CSC(C)CCn1c(C2CC2)nc2c(C(=O)O)cccc21. The topological polar surface area (TPSA) is 55.1 Å². The molecule has 1 aromatic carbocycles. The summed E-state index contributed by atoms with van der Waals surface area (Å²) in [5.41, 5.74) is 1.92. The van der Waals surface area contributed by atoms with E-state index in [1.54, 1.807) is 6.07 Å². The summed E-state index contributed by atoms with van der Waals surface area (Å²) in [5, 5.41) is 9.94. The molecule has 0 radical (unpaired) electrons. The number of carboxylic acids is 1. The number of aryl methyl sites for hydroxylation is 1. The molecule has 1 atom stereocenters. The number of hydrogen-bond acceptors (Lipinski definition) is 3. The van der Waals surface area contributed by atoms with Gasteiger partial charge in [0.05, 0.1) is 11.1 Å². The maximum atomic E-state index is 11.4. The molecule has 0 amide bonds. The second-order valence-corrected chi connectivity index (χ2v) is 6.99. The fourth-order valence-corrected chi connectivity index (χ4v) is 3.00. The number of carbonyl (C=O) groups is 1. The van der Waals surface area contributed by atoms with E-state index in [9.17, 15) is 9.90 Å². The van der Waals surface area contributed by atoms with Gasteiger partial charge in [0.2, 0.25) is 0 Å². The zero-order valence-corrected chi connectivity index (χ0v) is 13.2. The van der Waals surface area contributed by atoms with Gasteiger partial charge in [-0.1, -0.05) is 13.0 Å². The van der Waals surface area contributed by atoms with E-state index in [1.165, 1.54) is 12.8 Å². The lowest BCUT2D eigenvalue weighted by molar-refractivity contribution is 0.0699. The van der Waals surface area contributed by atoms with Gasteiger partial charge >= 0.3 is 5.97 Å². The van der Waals surface area contributed by atoms with Gasteiger partial charge in [-0.25, -0.2) is 9.78 Å². The van der Waals surface area contributed by atoms with Crippen LogP contribution in [0.25, 0.3) is 11.0 Å². The lowest BCUT2D eigenvalue weighted by Gasteiger charge is -2.12. The zero-order chi connectivity index (χ0) is 15.0. The molecule has 1 heterocycles. The Labute approximate surface area is 128 Å². The summed E-state index contributed by atoms with van der Waals surface area (Å²) in [6, 6.07) is 5.45. The summed E-state index contributed by atoms with van der Waals surface area (Å²) < 4.78 is 2.24. The molecule has 0 saturated heterocycles. The first-order valence-corrected chi connectivity index (χ1v) is 8.66. The number of aromatic carboxylic acids is 1. The fraction of sp³-hybridized carbons (Fsp3) is 0.500. The summed E-state index contributed by atoms with van der Waals surface area (Å²) in [6.07, 6.45) is 5.54. The highest BCUT2D eigenvalue weighted by atomic mass is 32.2. The summed E-state index contributed by atoms with van der Waals surface area (Å²) >= 11 is 1.86. The second-order valence-electron chi connectivity index (χ2n) is 5.71. The molecule has 112 valence electrons. The third kappa shape index (κ3) is 2.79. The van der Waals surface area contributed by atoms with E-state index in [4.69, 9.17) is 0 Å². The summed E-state index contributed by atoms with van der Waals surface area (Å²) in [4.78, 5) is 16.1. The monoisotopic (exact) mass is 304 g/mol. The number of nitrogens with zero attached hydrogens (tertiary/aromatic N) is 2. The molecular formula is C16H20N2O2S. The van der Waals surface area contributed by atoms with Crippen molar-refractivity contribution in [2.75, 3.05) is 6.26 Å². The molecule has 0 aliphatic heterocycles. The first-order chi connectivity index (χ1) is 10.1. The molecule has 4 nitrogen and oxygen atoms in total. The van der Waals surface area contributed by atoms with Gasteiger partial charge in [-0.3, -0.25) is 0 Å². The number of para-hydroxylation sites is 1. The summed E-state index contributed by atoms with van der Waals surface area (Å²) in [5.74, 6) is 0.695. The van der Waals surface area contributed by atoms with Crippen molar-refractivity contribution in [3.8, 4) is 0 Å². The van der Waals surface area contributed by atoms with Crippen molar-refractivity contribution < 1.29 is 9.90 Å². The molecule has 1 aliphatic carbocycles. The van der Waals surface area contributed by atoms with Crippen LogP contribution in [-0.2, 0) is 6.54 Å². The second kappa shape index (κ2) is 5.72. The molecule has 1 fully saturated rings. The highest BCUT2D eigenvalue weighted by Crippen LogP contribution is 2.41. The van der Waals surface area contributed by atoms with E-state index in [0.717, 1.165) is 24.3 Å². The predicted octanol–water partition coefficient (Wildman–Crippen LogP) is 3.75. The fourth-order valence-electron chi connectivity index (χ4n) is 2.65. The number of carboxylic acid groups (broad SMARTS) is 1. The zero-order valence-electron chi connectivity index (χ0n) is 12.4. The van der Waals surface area contributed by atoms with Crippen LogP contribution in [-0.4, -0.2) is 32.1 Å². The lowest BCUT2D eigenvalue weighted by Crippen LogP contribution is -2.07. The minimum atomic E-state index is -0.898. The number of aromatic nitrogens is 2. The van der Waals surface area contributed by atoms with Crippen LogP contribution < -0.4 is 0 Å². The van der Waals surface area contributed by atoms with Crippen LogP contribution >= 0.6 is 11.8 Å². The number of rotatable bonds is 6. The maximum Gasteiger partial charge on any atom is 0.337 e. The van der Waals surface area contributed by atoms with E-state index in [-0.39, 0.29) is 0 Å². The minimum Gasteiger partial charge on any atom is -0.478 e. The van der Waals surface area contributed by atoms with Crippen LogP contribution in [0.5, 0.6) is 0 Å². The van der Waals surface area contributed by atoms with Gasteiger partial charge in [0.15, 0.2) is 0 Å². The highest BCUT2D eigenvalue weighted by molar-refractivity contribution is 7.99. The van der Waals surface area contributed by atoms with Crippen molar-refractivity contribution >= 4 is 28.8 Å². The van der Waals surface area contributed by atoms with Gasteiger partial charge in [0.25, 0.3) is 0 Å². The van der Waals surface area contributed by atoms with E-state index in [2.05, 4.69) is 22.7 Å². The Bertz CT molecular complexity index is 676. The Morgan fingerprint density at radius 2 is 2.29 bits per heavy atom.